The molecule has 4 aromatic carbocycles. The van der Waals surface area contributed by atoms with Crippen molar-refractivity contribution >= 4 is 33.2 Å². The molecule has 3 N–H and O–H groups in total. The fraction of sp³-hybridized carbons (Fsp3) is 0.125. The van der Waals surface area contributed by atoms with Gasteiger partial charge in [0.15, 0.2) is 5.96 Å². The summed E-state index contributed by atoms with van der Waals surface area (Å²) in [5, 5.41) is 8.50. The van der Waals surface area contributed by atoms with Crippen LogP contribution in [0.3, 0.4) is 0 Å². The highest BCUT2D eigenvalue weighted by Gasteiger charge is 2.21. The van der Waals surface area contributed by atoms with Crippen LogP contribution in [0.2, 0.25) is 0 Å². The van der Waals surface area contributed by atoms with E-state index in [-0.39, 0.29) is 0 Å². The fourth-order valence-corrected chi connectivity index (χ4v) is 4.36. The van der Waals surface area contributed by atoms with Crippen molar-refractivity contribution in [1.29, 1.82) is 0 Å². The van der Waals surface area contributed by atoms with E-state index in [1.54, 1.807) is 7.05 Å². The van der Waals surface area contributed by atoms with Gasteiger partial charge in [-0.2, -0.15) is 0 Å². The predicted molar refractivity (Wildman–Crippen MR) is 115 cm³/mol. The summed E-state index contributed by atoms with van der Waals surface area (Å²) in [6.45, 7) is 0. The molecule has 0 saturated heterocycles. The molecule has 4 aromatic rings. The molecule has 1 aliphatic carbocycles. The van der Waals surface area contributed by atoms with Crippen molar-refractivity contribution in [3.8, 4) is 11.1 Å². The summed E-state index contributed by atoms with van der Waals surface area (Å²) in [6, 6.07) is 23.9. The number of nitrogens with zero attached hydrogens (tertiary/aromatic N) is 1. The largest absolute Gasteiger partial charge is 0.370 e. The van der Waals surface area contributed by atoms with Crippen LogP contribution in [0.15, 0.2) is 71.7 Å². The second-order valence-electron chi connectivity index (χ2n) is 7.05. The molecule has 27 heavy (non-hydrogen) atoms. The van der Waals surface area contributed by atoms with Crippen molar-refractivity contribution in [2.75, 3.05) is 12.4 Å². The molecule has 0 saturated carbocycles. The van der Waals surface area contributed by atoms with Crippen LogP contribution in [-0.4, -0.2) is 13.0 Å². The Morgan fingerprint density at radius 2 is 1.70 bits per heavy atom. The smallest absolute Gasteiger partial charge is 0.192 e. The van der Waals surface area contributed by atoms with Crippen molar-refractivity contribution < 1.29 is 0 Å². The molecule has 0 bridgehead atoms. The standard InChI is InChI=1S/C24H21N3/c1-26-24(25)27-21-14-11-15-5-2-3-8-18(15)23(21)20-13-10-17-7-4-6-16-9-12-19(20)22(16)17/h2-8,10-11,13-14H,9,12H2,1H3,(H3,25,26,27). The first kappa shape index (κ1) is 15.9. The molecule has 0 amide bonds. The zero-order chi connectivity index (χ0) is 18.4. The van der Waals surface area contributed by atoms with E-state index in [0.717, 1.165) is 18.5 Å². The van der Waals surface area contributed by atoms with Gasteiger partial charge in [0.05, 0.1) is 0 Å². The number of nitrogens with one attached hydrogen (secondary N) is 1. The van der Waals surface area contributed by atoms with E-state index in [4.69, 9.17) is 5.73 Å². The van der Waals surface area contributed by atoms with Crippen LogP contribution in [0.1, 0.15) is 11.1 Å². The zero-order valence-electron chi connectivity index (χ0n) is 15.3. The highest BCUT2D eigenvalue weighted by atomic mass is 15.1. The summed E-state index contributed by atoms with van der Waals surface area (Å²) in [5.41, 5.74) is 12.4. The third-order valence-corrected chi connectivity index (χ3v) is 5.59. The lowest BCUT2D eigenvalue weighted by Crippen LogP contribution is -2.22. The first-order valence-electron chi connectivity index (χ1n) is 9.31. The van der Waals surface area contributed by atoms with Gasteiger partial charge in [0.25, 0.3) is 0 Å². The highest BCUT2D eigenvalue weighted by molar-refractivity contribution is 6.09. The molecule has 0 spiro atoms. The van der Waals surface area contributed by atoms with Gasteiger partial charge in [0.2, 0.25) is 0 Å². The van der Waals surface area contributed by atoms with Crippen molar-refractivity contribution in [2.24, 2.45) is 10.7 Å². The second-order valence-corrected chi connectivity index (χ2v) is 7.05. The number of hydrogen-bond donors (Lipinski definition) is 2. The maximum atomic E-state index is 6.01. The number of aliphatic imine (C=N–C) groups is 1. The second kappa shape index (κ2) is 6.13. The van der Waals surface area contributed by atoms with Gasteiger partial charge in [-0.15, -0.1) is 0 Å². The monoisotopic (exact) mass is 351 g/mol. The van der Waals surface area contributed by atoms with Gasteiger partial charge < -0.3 is 11.1 Å². The van der Waals surface area contributed by atoms with Gasteiger partial charge in [-0.3, -0.25) is 4.99 Å². The molecule has 0 aliphatic heterocycles. The Labute approximate surface area is 158 Å². The number of nitrogens with two attached hydrogens (primary N) is 1. The Morgan fingerprint density at radius 1 is 0.889 bits per heavy atom. The highest BCUT2D eigenvalue weighted by Crippen LogP contribution is 2.43. The number of anilines is 1. The molecule has 5 rings (SSSR count). The van der Waals surface area contributed by atoms with Crippen molar-refractivity contribution in [1.82, 2.24) is 0 Å². The molecule has 0 aromatic heterocycles. The molecule has 0 heterocycles. The van der Waals surface area contributed by atoms with Gasteiger partial charge in [-0.1, -0.05) is 60.7 Å². The Hall–Kier alpha value is -3.33. The number of rotatable bonds is 2. The van der Waals surface area contributed by atoms with Gasteiger partial charge in [-0.25, -0.2) is 0 Å². The Balaban J connectivity index is 1.85. The molecule has 0 atom stereocenters. The molecule has 0 radical (unpaired) electrons. The van der Waals surface area contributed by atoms with Crippen LogP contribution in [0.4, 0.5) is 5.69 Å². The van der Waals surface area contributed by atoms with E-state index in [9.17, 15) is 0 Å². The Morgan fingerprint density at radius 3 is 2.59 bits per heavy atom. The Bertz CT molecular complexity index is 1220. The van der Waals surface area contributed by atoms with Crippen molar-refractivity contribution in [3.05, 3.63) is 77.9 Å². The maximum absolute atomic E-state index is 6.01. The number of benzene rings is 4. The molecular formula is C24H21N3. The molecule has 0 fully saturated rings. The average molecular weight is 351 g/mol. The van der Waals surface area contributed by atoms with Crippen LogP contribution >= 0.6 is 0 Å². The van der Waals surface area contributed by atoms with Gasteiger partial charge in [0.1, 0.15) is 0 Å². The number of aryl methyl sites for hydroxylation is 2. The van der Waals surface area contributed by atoms with E-state index >= 15 is 0 Å². The molecule has 132 valence electrons. The molecule has 1 aliphatic rings. The van der Waals surface area contributed by atoms with E-state index in [2.05, 4.69) is 77.0 Å². The average Bonchev–Trinajstić information content (AvgIpc) is 3.14. The normalized spacial score (nSPS) is 13.4. The minimum Gasteiger partial charge on any atom is -0.370 e. The molecular weight excluding hydrogens is 330 g/mol. The first-order chi connectivity index (χ1) is 13.3. The lowest BCUT2D eigenvalue weighted by molar-refractivity contribution is 1.03. The maximum Gasteiger partial charge on any atom is 0.192 e. The quantitative estimate of drug-likeness (QED) is 0.389. The van der Waals surface area contributed by atoms with Gasteiger partial charge >= 0.3 is 0 Å². The summed E-state index contributed by atoms with van der Waals surface area (Å²) >= 11 is 0. The lowest BCUT2D eigenvalue weighted by atomic mass is 9.90. The van der Waals surface area contributed by atoms with Crippen LogP contribution in [0.5, 0.6) is 0 Å². The van der Waals surface area contributed by atoms with Crippen molar-refractivity contribution in [2.45, 2.75) is 12.8 Å². The SMILES string of the molecule is CN=C(N)Nc1ccc2ccccc2c1-c1ccc2cccc3c2c1CC3. The number of fused-ring (bicyclic) bond motifs is 1. The third-order valence-electron chi connectivity index (χ3n) is 5.59. The molecule has 0 unspecified atom stereocenters. The summed E-state index contributed by atoms with van der Waals surface area (Å²) < 4.78 is 0. The van der Waals surface area contributed by atoms with Crippen LogP contribution < -0.4 is 11.1 Å². The summed E-state index contributed by atoms with van der Waals surface area (Å²) in [4.78, 5) is 4.08. The first-order valence-corrected chi connectivity index (χ1v) is 9.31. The van der Waals surface area contributed by atoms with Crippen LogP contribution in [-0.2, 0) is 12.8 Å². The van der Waals surface area contributed by atoms with Gasteiger partial charge in [0, 0.05) is 18.3 Å². The van der Waals surface area contributed by atoms with E-state index in [1.165, 1.54) is 43.8 Å². The van der Waals surface area contributed by atoms with Gasteiger partial charge in [-0.05, 0) is 57.1 Å². The molecule has 3 heteroatoms. The van der Waals surface area contributed by atoms with E-state index in [1.807, 2.05) is 0 Å². The fourth-order valence-electron chi connectivity index (χ4n) is 4.36. The van der Waals surface area contributed by atoms with Crippen LogP contribution in [0.25, 0.3) is 32.7 Å². The van der Waals surface area contributed by atoms with E-state index < -0.39 is 0 Å². The molecule has 3 nitrogen and oxygen atoms in total. The topological polar surface area (TPSA) is 50.4 Å². The minimum absolute atomic E-state index is 0.421. The summed E-state index contributed by atoms with van der Waals surface area (Å²) in [7, 11) is 1.70. The van der Waals surface area contributed by atoms with E-state index in [0.29, 0.717) is 5.96 Å². The number of hydrogen-bond acceptors (Lipinski definition) is 1. The van der Waals surface area contributed by atoms with Crippen LogP contribution in [0, 0.1) is 0 Å². The minimum atomic E-state index is 0.421. The van der Waals surface area contributed by atoms with Crippen molar-refractivity contribution in [3.63, 3.8) is 0 Å². The predicted octanol–water partition coefficient (Wildman–Crippen LogP) is 5.12. The lowest BCUT2D eigenvalue weighted by Gasteiger charge is -2.17. The summed E-state index contributed by atoms with van der Waals surface area (Å²) in [6.07, 6.45) is 2.18. The Kier molecular flexibility index (Phi) is 3.61. The summed E-state index contributed by atoms with van der Waals surface area (Å²) in [5.74, 6) is 0.421. The third kappa shape index (κ3) is 2.47. The number of guanidine groups is 1. The zero-order valence-corrected chi connectivity index (χ0v) is 15.3.